The summed E-state index contributed by atoms with van der Waals surface area (Å²) < 4.78 is 0. The van der Waals surface area contributed by atoms with Crippen LogP contribution in [0.15, 0.2) is 42.6 Å². The van der Waals surface area contributed by atoms with Crippen LogP contribution in [0, 0.1) is 13.8 Å². The fourth-order valence-corrected chi connectivity index (χ4v) is 1.45. The molecule has 2 heteroatoms. The van der Waals surface area contributed by atoms with Crippen molar-refractivity contribution >= 4 is 6.29 Å². The van der Waals surface area contributed by atoms with E-state index in [4.69, 9.17) is 0 Å². The molecule has 122 valence electrons. The normalized spacial score (nSPS) is 8.14. The predicted octanol–water partition coefficient (Wildman–Crippen LogP) is 5.81. The Hall–Kier alpha value is -1.96. The van der Waals surface area contributed by atoms with Crippen LogP contribution in [-0.4, -0.2) is 11.3 Å². The highest BCUT2D eigenvalue weighted by Gasteiger charge is 1.88. The lowest BCUT2D eigenvalue weighted by molar-refractivity contribution is 0.111. The maximum absolute atomic E-state index is 10.1. The Morgan fingerprint density at radius 1 is 0.909 bits per heavy atom. The summed E-state index contributed by atoms with van der Waals surface area (Å²) in [5, 5.41) is 0. The monoisotopic (exact) mass is 301 g/mol. The number of carbonyl (C=O) groups is 1. The lowest BCUT2D eigenvalue weighted by atomic mass is 10.1. The van der Waals surface area contributed by atoms with E-state index in [1.807, 2.05) is 40.7 Å². The lowest BCUT2D eigenvalue weighted by Crippen LogP contribution is -1.84. The summed E-state index contributed by atoms with van der Waals surface area (Å²) in [5.74, 6) is 0. The number of benzene rings is 1. The summed E-state index contributed by atoms with van der Waals surface area (Å²) in [6, 6.07) is 12.3. The summed E-state index contributed by atoms with van der Waals surface area (Å²) >= 11 is 0. The highest BCUT2D eigenvalue weighted by Crippen LogP contribution is 2.02. The number of hydrogen-bond donors (Lipinski definition) is 0. The summed E-state index contributed by atoms with van der Waals surface area (Å²) in [7, 11) is 0. The van der Waals surface area contributed by atoms with Gasteiger partial charge in [0.05, 0.1) is 0 Å². The first kappa shape index (κ1) is 22.3. The van der Waals surface area contributed by atoms with Crippen LogP contribution in [0.1, 0.15) is 61.8 Å². The summed E-state index contributed by atoms with van der Waals surface area (Å²) in [6.07, 6.45) is 3.51. The van der Waals surface area contributed by atoms with Gasteiger partial charge < -0.3 is 0 Å². The van der Waals surface area contributed by atoms with Gasteiger partial charge in [-0.05, 0) is 43.5 Å². The van der Waals surface area contributed by atoms with E-state index >= 15 is 0 Å². The Kier molecular flexibility index (Phi) is 15.7. The molecule has 1 aromatic carbocycles. The third-order valence-corrected chi connectivity index (χ3v) is 2.59. The van der Waals surface area contributed by atoms with Gasteiger partial charge in [-0.15, -0.1) is 0 Å². The van der Waals surface area contributed by atoms with Crippen molar-refractivity contribution in [2.24, 2.45) is 0 Å². The van der Waals surface area contributed by atoms with Gasteiger partial charge in [-0.2, -0.15) is 0 Å². The van der Waals surface area contributed by atoms with Gasteiger partial charge in [0, 0.05) is 6.20 Å². The van der Waals surface area contributed by atoms with Crippen LogP contribution in [0.25, 0.3) is 0 Å². The number of aryl methyl sites for hydroxylation is 3. The molecule has 1 heterocycles. The van der Waals surface area contributed by atoms with Crippen molar-refractivity contribution in [3.63, 3.8) is 0 Å². The van der Waals surface area contributed by atoms with Gasteiger partial charge in [0.2, 0.25) is 0 Å². The molecule has 0 radical (unpaired) electrons. The second-order valence-corrected chi connectivity index (χ2v) is 4.22. The first-order valence-corrected chi connectivity index (χ1v) is 8.09. The molecule has 1 aromatic heterocycles. The quantitative estimate of drug-likeness (QED) is 0.655. The molecule has 0 bridgehead atoms. The number of rotatable bonds is 2. The second kappa shape index (κ2) is 15.4. The van der Waals surface area contributed by atoms with Crippen molar-refractivity contribution in [3.8, 4) is 0 Å². The molecule has 0 unspecified atom stereocenters. The molecular formula is C20H31NO. The molecule has 0 aliphatic rings. The molecule has 0 fully saturated rings. The highest BCUT2D eigenvalue weighted by molar-refractivity contribution is 5.71. The van der Waals surface area contributed by atoms with E-state index in [0.29, 0.717) is 5.69 Å². The molecule has 0 amide bonds. The van der Waals surface area contributed by atoms with Gasteiger partial charge in [0.1, 0.15) is 5.69 Å². The Morgan fingerprint density at radius 3 is 1.82 bits per heavy atom. The zero-order valence-electron chi connectivity index (χ0n) is 15.2. The van der Waals surface area contributed by atoms with E-state index in [1.165, 1.54) is 11.1 Å². The van der Waals surface area contributed by atoms with Crippen LogP contribution in [-0.2, 0) is 6.42 Å². The van der Waals surface area contributed by atoms with Gasteiger partial charge >= 0.3 is 0 Å². The minimum Gasteiger partial charge on any atom is -0.296 e. The maximum Gasteiger partial charge on any atom is 0.168 e. The number of nitrogens with zero attached hydrogens (tertiary/aromatic N) is 1. The Morgan fingerprint density at radius 2 is 1.45 bits per heavy atom. The van der Waals surface area contributed by atoms with Crippen molar-refractivity contribution in [3.05, 3.63) is 65.0 Å². The van der Waals surface area contributed by atoms with Crippen molar-refractivity contribution in [1.29, 1.82) is 0 Å². The lowest BCUT2D eigenvalue weighted by Gasteiger charge is -1.94. The van der Waals surface area contributed by atoms with E-state index < -0.39 is 0 Å². The van der Waals surface area contributed by atoms with Crippen molar-refractivity contribution < 1.29 is 4.79 Å². The molecule has 0 aliphatic carbocycles. The third kappa shape index (κ3) is 10.8. The Bertz CT molecular complexity index is 489. The van der Waals surface area contributed by atoms with Crippen LogP contribution in [0.3, 0.4) is 0 Å². The number of aromatic nitrogens is 1. The maximum atomic E-state index is 10.1. The minimum absolute atomic E-state index is 0.495. The van der Waals surface area contributed by atoms with E-state index in [1.54, 1.807) is 12.3 Å². The highest BCUT2D eigenvalue weighted by atomic mass is 16.1. The number of hydrogen-bond acceptors (Lipinski definition) is 2. The third-order valence-electron chi connectivity index (χ3n) is 2.59. The Labute approximate surface area is 136 Å². The SMILES string of the molecule is CC.CC.CCc1ccc(C)cc1.Cc1ccnc(C=O)c1. The summed E-state index contributed by atoms with van der Waals surface area (Å²) in [6.45, 7) is 14.2. The van der Waals surface area contributed by atoms with Gasteiger partial charge in [-0.3, -0.25) is 9.78 Å². The number of carbonyl (C=O) groups excluding carboxylic acids is 1. The van der Waals surface area contributed by atoms with Gasteiger partial charge in [-0.25, -0.2) is 0 Å². The van der Waals surface area contributed by atoms with Crippen molar-refractivity contribution in [1.82, 2.24) is 4.98 Å². The van der Waals surface area contributed by atoms with Crippen LogP contribution in [0.5, 0.6) is 0 Å². The summed E-state index contributed by atoms with van der Waals surface area (Å²) in [5.41, 5.74) is 4.31. The molecule has 0 saturated carbocycles. The fourth-order valence-electron chi connectivity index (χ4n) is 1.45. The second-order valence-electron chi connectivity index (χ2n) is 4.22. The summed E-state index contributed by atoms with van der Waals surface area (Å²) in [4.78, 5) is 13.9. The average Bonchev–Trinajstić information content (AvgIpc) is 2.60. The van der Waals surface area contributed by atoms with Crippen LogP contribution >= 0.6 is 0 Å². The molecule has 0 atom stereocenters. The van der Waals surface area contributed by atoms with Gasteiger partial charge in [0.15, 0.2) is 6.29 Å². The fraction of sp³-hybridized carbons (Fsp3) is 0.400. The molecule has 22 heavy (non-hydrogen) atoms. The first-order chi connectivity index (χ1) is 10.7. The van der Waals surface area contributed by atoms with E-state index in [0.717, 1.165) is 18.3 Å². The molecule has 0 saturated heterocycles. The standard InChI is InChI=1S/C9H12.C7H7NO.2C2H6/c1-3-9-6-4-8(2)5-7-9;1-6-2-3-8-7(4-6)5-9;2*1-2/h4-7H,3H2,1-2H3;2-5H,1H3;2*1-2H3. The van der Waals surface area contributed by atoms with Crippen LogP contribution in [0.2, 0.25) is 0 Å². The van der Waals surface area contributed by atoms with Gasteiger partial charge in [0.25, 0.3) is 0 Å². The number of pyridine rings is 1. The van der Waals surface area contributed by atoms with E-state index in [-0.39, 0.29) is 0 Å². The zero-order valence-corrected chi connectivity index (χ0v) is 15.2. The molecule has 0 N–H and O–H groups in total. The molecule has 2 rings (SSSR count). The van der Waals surface area contributed by atoms with Crippen LogP contribution in [0.4, 0.5) is 0 Å². The predicted molar refractivity (Wildman–Crippen MR) is 97.6 cm³/mol. The number of aldehydes is 1. The van der Waals surface area contributed by atoms with Crippen LogP contribution < -0.4 is 0 Å². The molecule has 2 nitrogen and oxygen atoms in total. The van der Waals surface area contributed by atoms with Crippen molar-refractivity contribution in [2.45, 2.75) is 54.9 Å². The topological polar surface area (TPSA) is 30.0 Å². The zero-order chi connectivity index (χ0) is 17.4. The first-order valence-electron chi connectivity index (χ1n) is 8.09. The van der Waals surface area contributed by atoms with E-state index in [2.05, 4.69) is 43.1 Å². The molecule has 0 spiro atoms. The molecule has 2 aromatic rings. The molecular weight excluding hydrogens is 270 g/mol. The van der Waals surface area contributed by atoms with E-state index in [9.17, 15) is 4.79 Å². The van der Waals surface area contributed by atoms with Crippen molar-refractivity contribution in [2.75, 3.05) is 0 Å². The minimum atomic E-state index is 0.495. The smallest absolute Gasteiger partial charge is 0.168 e. The largest absolute Gasteiger partial charge is 0.296 e. The Balaban J connectivity index is 0. The average molecular weight is 301 g/mol. The van der Waals surface area contributed by atoms with Gasteiger partial charge in [-0.1, -0.05) is 64.4 Å². The molecule has 0 aliphatic heterocycles.